The van der Waals surface area contributed by atoms with E-state index in [0.29, 0.717) is 29.7 Å². The van der Waals surface area contributed by atoms with Gasteiger partial charge in [-0.1, -0.05) is 0 Å². The van der Waals surface area contributed by atoms with Crippen molar-refractivity contribution in [3.63, 3.8) is 0 Å². The highest BCUT2D eigenvalue weighted by Crippen LogP contribution is 2.32. The van der Waals surface area contributed by atoms with Gasteiger partial charge in [-0.2, -0.15) is 0 Å². The Morgan fingerprint density at radius 1 is 1.56 bits per heavy atom. The highest BCUT2D eigenvalue weighted by molar-refractivity contribution is 9.10. The van der Waals surface area contributed by atoms with E-state index in [0.717, 1.165) is 0 Å². The van der Waals surface area contributed by atoms with E-state index in [9.17, 15) is 14.9 Å². The molecule has 2 rings (SSSR count). The Morgan fingerprint density at radius 3 is 2.83 bits per heavy atom. The molecule has 1 atom stereocenters. The lowest BCUT2D eigenvalue weighted by Crippen LogP contribution is -2.25. The first-order valence-corrected chi connectivity index (χ1v) is 6.26. The second kappa shape index (κ2) is 5.03. The van der Waals surface area contributed by atoms with Crippen LogP contribution in [0.25, 0.3) is 0 Å². The van der Waals surface area contributed by atoms with Crippen molar-refractivity contribution in [2.45, 2.75) is 6.42 Å². The summed E-state index contributed by atoms with van der Waals surface area (Å²) >= 11 is 3.12. The number of rotatable bonds is 3. The van der Waals surface area contributed by atoms with Crippen molar-refractivity contribution < 1.29 is 9.72 Å². The molecule has 6 nitrogen and oxygen atoms in total. The smallest absolute Gasteiger partial charge is 0.285 e. The third kappa shape index (κ3) is 2.37. The highest BCUT2D eigenvalue weighted by Gasteiger charge is 2.30. The van der Waals surface area contributed by atoms with Crippen molar-refractivity contribution in [1.82, 2.24) is 0 Å². The number of amides is 1. The van der Waals surface area contributed by atoms with Gasteiger partial charge in [-0.3, -0.25) is 14.9 Å². The molecule has 1 amide bonds. The predicted molar refractivity (Wildman–Crippen MR) is 70.3 cm³/mol. The molecule has 1 saturated heterocycles. The number of hydrogen-bond acceptors (Lipinski definition) is 4. The summed E-state index contributed by atoms with van der Waals surface area (Å²) in [7, 11) is 0. The molecule has 0 spiro atoms. The number of hydrogen-bond donors (Lipinski definition) is 1. The maximum absolute atomic E-state index is 11.8. The van der Waals surface area contributed by atoms with E-state index in [4.69, 9.17) is 5.73 Å². The normalized spacial score (nSPS) is 19.3. The molecule has 0 saturated carbocycles. The number of carbonyl (C=O) groups excluding carboxylic acids is 1. The lowest BCUT2D eigenvalue weighted by Gasteiger charge is -2.16. The van der Waals surface area contributed by atoms with E-state index < -0.39 is 4.92 Å². The van der Waals surface area contributed by atoms with Gasteiger partial charge in [-0.05, 0) is 40.5 Å². The Labute approximate surface area is 112 Å². The molecule has 0 bridgehead atoms. The van der Waals surface area contributed by atoms with E-state index in [2.05, 4.69) is 15.9 Å². The van der Waals surface area contributed by atoms with Crippen LogP contribution in [0.3, 0.4) is 0 Å². The third-order valence-corrected chi connectivity index (χ3v) is 3.65. The van der Waals surface area contributed by atoms with Crippen molar-refractivity contribution in [2.75, 3.05) is 18.0 Å². The zero-order valence-corrected chi connectivity index (χ0v) is 11.1. The van der Waals surface area contributed by atoms with Crippen LogP contribution in [0.4, 0.5) is 11.4 Å². The number of nitro groups is 1. The minimum Gasteiger partial charge on any atom is -0.330 e. The molecule has 1 heterocycles. The summed E-state index contributed by atoms with van der Waals surface area (Å²) in [5.41, 5.74) is 6.05. The number of benzene rings is 1. The summed E-state index contributed by atoms with van der Waals surface area (Å²) in [4.78, 5) is 23.7. The van der Waals surface area contributed by atoms with Gasteiger partial charge < -0.3 is 10.6 Å². The van der Waals surface area contributed by atoms with Crippen LogP contribution in [0.2, 0.25) is 0 Å². The molecule has 18 heavy (non-hydrogen) atoms. The van der Waals surface area contributed by atoms with Gasteiger partial charge in [-0.15, -0.1) is 0 Å². The standard InChI is InChI=1S/C11H12BrN3O3/c12-9-2-1-8(4-10(9)15(17)18)14-6-7(5-13)3-11(14)16/h1-2,4,7H,3,5-6,13H2. The van der Waals surface area contributed by atoms with Crippen LogP contribution in [0.5, 0.6) is 0 Å². The second-order valence-electron chi connectivity index (χ2n) is 4.20. The molecular formula is C11H12BrN3O3. The summed E-state index contributed by atoms with van der Waals surface area (Å²) in [6.45, 7) is 0.967. The first-order valence-electron chi connectivity index (χ1n) is 5.47. The van der Waals surface area contributed by atoms with Crippen LogP contribution in [0.15, 0.2) is 22.7 Å². The monoisotopic (exact) mass is 313 g/mol. The fourth-order valence-corrected chi connectivity index (χ4v) is 2.39. The summed E-state index contributed by atoms with van der Waals surface area (Å²) in [6, 6.07) is 4.67. The predicted octanol–water partition coefficient (Wildman–Crippen LogP) is 1.67. The molecule has 1 fully saturated rings. The van der Waals surface area contributed by atoms with Crippen molar-refractivity contribution in [1.29, 1.82) is 0 Å². The first kappa shape index (κ1) is 13.0. The molecular weight excluding hydrogens is 302 g/mol. The van der Waals surface area contributed by atoms with Crippen LogP contribution in [0.1, 0.15) is 6.42 Å². The fraction of sp³-hybridized carbons (Fsp3) is 0.364. The van der Waals surface area contributed by atoms with E-state index in [1.54, 1.807) is 17.0 Å². The molecule has 0 aliphatic carbocycles. The SMILES string of the molecule is NCC1CC(=O)N(c2ccc(Br)c([N+](=O)[O-])c2)C1. The lowest BCUT2D eigenvalue weighted by atomic mass is 10.1. The first-order chi connectivity index (χ1) is 8.52. The lowest BCUT2D eigenvalue weighted by molar-refractivity contribution is -0.385. The van der Waals surface area contributed by atoms with Gasteiger partial charge in [0.2, 0.25) is 5.91 Å². The summed E-state index contributed by atoms with van der Waals surface area (Å²) in [6.07, 6.45) is 0.403. The average Bonchev–Trinajstić information content (AvgIpc) is 2.71. The molecule has 96 valence electrons. The molecule has 1 aliphatic heterocycles. The van der Waals surface area contributed by atoms with Crippen molar-refractivity contribution >= 4 is 33.2 Å². The summed E-state index contributed by atoms with van der Waals surface area (Å²) < 4.78 is 0.401. The zero-order chi connectivity index (χ0) is 13.3. The third-order valence-electron chi connectivity index (χ3n) is 2.98. The zero-order valence-electron chi connectivity index (χ0n) is 9.51. The van der Waals surface area contributed by atoms with Gasteiger partial charge in [0.1, 0.15) is 0 Å². The number of carbonyl (C=O) groups is 1. The maximum atomic E-state index is 11.8. The number of nitro benzene ring substituents is 1. The van der Waals surface area contributed by atoms with Crippen LogP contribution in [-0.2, 0) is 4.79 Å². The summed E-state index contributed by atoms with van der Waals surface area (Å²) in [5, 5.41) is 10.8. The minimum absolute atomic E-state index is 0.0397. The highest BCUT2D eigenvalue weighted by atomic mass is 79.9. The van der Waals surface area contributed by atoms with Crippen LogP contribution < -0.4 is 10.6 Å². The molecule has 7 heteroatoms. The van der Waals surface area contributed by atoms with Gasteiger partial charge in [0.05, 0.1) is 15.1 Å². The number of anilines is 1. The van der Waals surface area contributed by atoms with Crippen LogP contribution in [0, 0.1) is 16.0 Å². The Bertz CT molecular complexity index is 506. The molecule has 1 unspecified atom stereocenters. The number of nitrogens with zero attached hydrogens (tertiary/aromatic N) is 2. The Hall–Kier alpha value is -1.47. The van der Waals surface area contributed by atoms with Gasteiger partial charge in [0.25, 0.3) is 5.69 Å². The van der Waals surface area contributed by atoms with E-state index in [1.807, 2.05) is 0 Å². The van der Waals surface area contributed by atoms with E-state index in [-0.39, 0.29) is 17.5 Å². The topological polar surface area (TPSA) is 89.5 Å². The molecule has 0 aromatic heterocycles. The van der Waals surface area contributed by atoms with Gasteiger partial charge in [-0.25, -0.2) is 0 Å². The maximum Gasteiger partial charge on any atom is 0.285 e. The Kier molecular flexibility index (Phi) is 3.63. The van der Waals surface area contributed by atoms with Gasteiger partial charge in [0.15, 0.2) is 0 Å². The van der Waals surface area contributed by atoms with Gasteiger partial charge in [0, 0.05) is 19.0 Å². The van der Waals surface area contributed by atoms with Crippen molar-refractivity contribution in [3.05, 3.63) is 32.8 Å². The van der Waals surface area contributed by atoms with Crippen LogP contribution >= 0.6 is 15.9 Å². The quantitative estimate of drug-likeness (QED) is 0.679. The number of halogens is 1. The molecule has 1 aliphatic rings. The Balaban J connectivity index is 2.32. The molecule has 2 N–H and O–H groups in total. The molecule has 1 aromatic carbocycles. The molecule has 0 radical (unpaired) electrons. The van der Waals surface area contributed by atoms with Crippen LogP contribution in [-0.4, -0.2) is 23.9 Å². The van der Waals surface area contributed by atoms with E-state index in [1.165, 1.54) is 6.07 Å². The van der Waals surface area contributed by atoms with E-state index >= 15 is 0 Å². The average molecular weight is 314 g/mol. The molecule has 1 aromatic rings. The minimum atomic E-state index is -0.478. The largest absolute Gasteiger partial charge is 0.330 e. The van der Waals surface area contributed by atoms with Gasteiger partial charge >= 0.3 is 0 Å². The second-order valence-corrected chi connectivity index (χ2v) is 5.06. The summed E-state index contributed by atoms with van der Waals surface area (Å²) in [5.74, 6) is 0.0854. The Morgan fingerprint density at radius 2 is 2.28 bits per heavy atom. The van der Waals surface area contributed by atoms with Crippen molar-refractivity contribution in [2.24, 2.45) is 11.7 Å². The van der Waals surface area contributed by atoms with Crippen molar-refractivity contribution in [3.8, 4) is 0 Å². The fourth-order valence-electron chi connectivity index (χ4n) is 2.00. The number of nitrogens with two attached hydrogens (primary N) is 1.